The molecule has 8 nitrogen and oxygen atoms in total. The number of carbonyl (C=O) groups excluding carboxylic acids is 1. The number of nitrogens with zero attached hydrogens (tertiary/aromatic N) is 3. The molecule has 1 aliphatic rings. The number of guanidine groups is 1. The van der Waals surface area contributed by atoms with Crippen molar-refractivity contribution in [2.45, 2.75) is 39.2 Å². The molecule has 0 saturated carbocycles. The van der Waals surface area contributed by atoms with Crippen LogP contribution in [0.25, 0.3) is 0 Å². The van der Waals surface area contributed by atoms with Crippen LogP contribution in [-0.2, 0) is 4.79 Å². The highest BCUT2D eigenvalue weighted by atomic mass is 16.5. The van der Waals surface area contributed by atoms with E-state index in [1.54, 1.807) is 12.4 Å². The zero-order valence-electron chi connectivity index (χ0n) is 17.1. The number of hydrogen-bond donors (Lipinski definition) is 3. The monoisotopic (exact) mass is 390 g/mol. The lowest BCUT2D eigenvalue weighted by molar-refractivity contribution is -0.122. The molecule has 0 atom stereocenters. The van der Waals surface area contributed by atoms with Gasteiger partial charge in [0.2, 0.25) is 5.91 Å². The minimum absolute atomic E-state index is 0.122. The average molecular weight is 391 g/mol. The van der Waals surface area contributed by atoms with E-state index in [1.807, 2.05) is 12.1 Å². The molecule has 0 bridgehead atoms. The highest BCUT2D eigenvalue weighted by Crippen LogP contribution is 2.10. The zero-order chi connectivity index (χ0) is 20.0. The highest BCUT2D eigenvalue weighted by molar-refractivity contribution is 5.80. The third-order valence-electron chi connectivity index (χ3n) is 4.48. The number of carbonyl (C=O) groups is 1. The molecule has 1 aromatic heterocycles. The summed E-state index contributed by atoms with van der Waals surface area (Å²) < 4.78 is 5.63. The van der Waals surface area contributed by atoms with Crippen LogP contribution >= 0.6 is 0 Å². The standard InChI is InChI=1S/C20H34N6O2/c1-3-9-23-19(27)16-26-12-7-17(8-13-26)25-20(22-4-2)24-11-14-28-18-6-5-10-21-15-18/h5-6,10,15,17H,3-4,7-9,11-14,16H2,1-2H3,(H,23,27)(H2,22,24,25). The fourth-order valence-electron chi connectivity index (χ4n) is 3.03. The van der Waals surface area contributed by atoms with E-state index >= 15 is 0 Å². The third kappa shape index (κ3) is 8.56. The van der Waals surface area contributed by atoms with Gasteiger partial charge in [0, 0.05) is 38.4 Å². The second-order valence-corrected chi connectivity index (χ2v) is 6.84. The van der Waals surface area contributed by atoms with Crippen LogP contribution in [-0.4, -0.2) is 73.7 Å². The van der Waals surface area contributed by atoms with Gasteiger partial charge in [-0.3, -0.25) is 14.7 Å². The van der Waals surface area contributed by atoms with Gasteiger partial charge in [-0.25, -0.2) is 4.99 Å². The Labute approximate surface area is 168 Å². The van der Waals surface area contributed by atoms with Crippen LogP contribution in [0.2, 0.25) is 0 Å². The molecule has 0 aromatic carbocycles. The van der Waals surface area contributed by atoms with E-state index < -0.39 is 0 Å². The van der Waals surface area contributed by atoms with Gasteiger partial charge in [0.25, 0.3) is 0 Å². The van der Waals surface area contributed by atoms with Crippen molar-refractivity contribution >= 4 is 11.9 Å². The molecule has 156 valence electrons. The van der Waals surface area contributed by atoms with Gasteiger partial charge in [0.15, 0.2) is 5.96 Å². The lowest BCUT2D eigenvalue weighted by Gasteiger charge is -2.32. The van der Waals surface area contributed by atoms with Crippen molar-refractivity contribution in [2.75, 3.05) is 45.9 Å². The second kappa shape index (κ2) is 12.9. The van der Waals surface area contributed by atoms with Gasteiger partial charge in [0.1, 0.15) is 12.4 Å². The summed E-state index contributed by atoms with van der Waals surface area (Å²) in [7, 11) is 0. The molecule has 0 aliphatic carbocycles. The lowest BCUT2D eigenvalue weighted by atomic mass is 10.1. The number of aliphatic imine (C=N–C) groups is 1. The van der Waals surface area contributed by atoms with Crippen LogP contribution in [0.15, 0.2) is 29.5 Å². The van der Waals surface area contributed by atoms with Gasteiger partial charge in [-0.15, -0.1) is 0 Å². The number of hydrogen-bond acceptors (Lipinski definition) is 5. The number of aromatic nitrogens is 1. The smallest absolute Gasteiger partial charge is 0.234 e. The average Bonchev–Trinajstić information content (AvgIpc) is 2.72. The maximum Gasteiger partial charge on any atom is 0.234 e. The Morgan fingerprint density at radius 1 is 1.32 bits per heavy atom. The number of nitrogens with one attached hydrogen (secondary N) is 3. The van der Waals surface area contributed by atoms with Crippen LogP contribution in [0.4, 0.5) is 0 Å². The van der Waals surface area contributed by atoms with Gasteiger partial charge >= 0.3 is 0 Å². The Hall–Kier alpha value is -2.35. The number of piperidine rings is 1. The Balaban J connectivity index is 1.69. The molecule has 0 unspecified atom stereocenters. The summed E-state index contributed by atoms with van der Waals surface area (Å²) in [5.41, 5.74) is 0. The predicted molar refractivity (Wildman–Crippen MR) is 112 cm³/mol. The first kappa shape index (κ1) is 21.9. The van der Waals surface area contributed by atoms with Gasteiger partial charge in [-0.05, 0) is 38.3 Å². The van der Waals surface area contributed by atoms with Crippen LogP contribution in [0.5, 0.6) is 5.75 Å². The summed E-state index contributed by atoms with van der Waals surface area (Å²) in [4.78, 5) is 22.7. The first-order valence-electron chi connectivity index (χ1n) is 10.3. The molecule has 3 N–H and O–H groups in total. The van der Waals surface area contributed by atoms with Crippen molar-refractivity contribution in [1.82, 2.24) is 25.8 Å². The van der Waals surface area contributed by atoms with Gasteiger partial charge in [-0.2, -0.15) is 0 Å². The number of pyridine rings is 1. The molecular formula is C20H34N6O2. The number of ether oxygens (including phenoxy) is 1. The zero-order valence-corrected chi connectivity index (χ0v) is 17.1. The molecule has 0 spiro atoms. The first-order valence-corrected chi connectivity index (χ1v) is 10.3. The Morgan fingerprint density at radius 3 is 2.82 bits per heavy atom. The quantitative estimate of drug-likeness (QED) is 0.314. The first-order chi connectivity index (χ1) is 13.7. The Bertz CT molecular complexity index is 588. The topological polar surface area (TPSA) is 90.9 Å². The van der Waals surface area contributed by atoms with Crippen molar-refractivity contribution in [1.29, 1.82) is 0 Å². The molecule has 1 aromatic rings. The molecule has 2 rings (SSSR count). The molecule has 2 heterocycles. The minimum atomic E-state index is 0.122. The number of rotatable bonds is 10. The molecule has 0 radical (unpaired) electrons. The predicted octanol–water partition coefficient (Wildman–Crippen LogP) is 1.01. The van der Waals surface area contributed by atoms with E-state index in [2.05, 4.69) is 44.7 Å². The van der Waals surface area contributed by atoms with Crippen LogP contribution < -0.4 is 20.7 Å². The number of likely N-dealkylation sites (tertiary alicyclic amines) is 1. The summed E-state index contributed by atoms with van der Waals surface area (Å²) in [6, 6.07) is 4.10. The molecule has 1 amide bonds. The molecule has 1 saturated heterocycles. The van der Waals surface area contributed by atoms with Crippen LogP contribution in [0.3, 0.4) is 0 Å². The van der Waals surface area contributed by atoms with E-state index in [9.17, 15) is 4.79 Å². The normalized spacial score (nSPS) is 15.9. The second-order valence-electron chi connectivity index (χ2n) is 6.84. The number of amides is 1. The highest BCUT2D eigenvalue weighted by Gasteiger charge is 2.21. The third-order valence-corrected chi connectivity index (χ3v) is 4.48. The van der Waals surface area contributed by atoms with E-state index in [1.165, 1.54) is 0 Å². The molecule has 1 fully saturated rings. The van der Waals surface area contributed by atoms with E-state index in [0.717, 1.165) is 57.2 Å². The van der Waals surface area contributed by atoms with Crippen LogP contribution in [0.1, 0.15) is 33.1 Å². The van der Waals surface area contributed by atoms with Crippen molar-refractivity contribution in [3.63, 3.8) is 0 Å². The Kier molecular flexibility index (Phi) is 10.1. The van der Waals surface area contributed by atoms with Crippen molar-refractivity contribution in [2.24, 2.45) is 4.99 Å². The van der Waals surface area contributed by atoms with Crippen molar-refractivity contribution in [3.8, 4) is 5.75 Å². The van der Waals surface area contributed by atoms with E-state index in [4.69, 9.17) is 4.74 Å². The van der Waals surface area contributed by atoms with E-state index in [0.29, 0.717) is 25.7 Å². The summed E-state index contributed by atoms with van der Waals surface area (Å²) in [5.74, 6) is 1.69. The largest absolute Gasteiger partial charge is 0.490 e. The molecule has 8 heteroatoms. The van der Waals surface area contributed by atoms with Crippen molar-refractivity contribution < 1.29 is 9.53 Å². The summed E-state index contributed by atoms with van der Waals surface area (Å²) in [6.07, 6.45) is 6.39. The minimum Gasteiger partial charge on any atom is -0.490 e. The van der Waals surface area contributed by atoms with Gasteiger partial charge in [0.05, 0.1) is 19.3 Å². The molecule has 28 heavy (non-hydrogen) atoms. The fourth-order valence-corrected chi connectivity index (χ4v) is 3.03. The summed E-state index contributed by atoms with van der Waals surface area (Å²) >= 11 is 0. The van der Waals surface area contributed by atoms with Crippen molar-refractivity contribution in [3.05, 3.63) is 24.5 Å². The van der Waals surface area contributed by atoms with Gasteiger partial charge < -0.3 is 20.7 Å². The maximum atomic E-state index is 11.9. The van der Waals surface area contributed by atoms with E-state index in [-0.39, 0.29) is 5.91 Å². The molecular weight excluding hydrogens is 356 g/mol. The van der Waals surface area contributed by atoms with Gasteiger partial charge in [-0.1, -0.05) is 6.92 Å². The lowest BCUT2D eigenvalue weighted by Crippen LogP contribution is -2.50. The Morgan fingerprint density at radius 2 is 2.14 bits per heavy atom. The maximum absolute atomic E-state index is 11.9. The summed E-state index contributed by atoms with van der Waals surface area (Å²) in [5, 5.41) is 9.74. The summed E-state index contributed by atoms with van der Waals surface area (Å²) in [6.45, 7) is 9.09. The SMILES string of the molecule is CCCNC(=O)CN1CCC(NC(=NCCOc2cccnc2)NCC)CC1. The molecule has 1 aliphatic heterocycles. The fraction of sp³-hybridized carbons (Fsp3) is 0.650. The van der Waals surface area contributed by atoms with Crippen LogP contribution in [0, 0.1) is 0 Å².